The topological polar surface area (TPSA) is 54.0 Å². The fourth-order valence-electron chi connectivity index (χ4n) is 1.81. The minimum absolute atomic E-state index is 0.345. The Morgan fingerprint density at radius 2 is 1.62 bits per heavy atom. The molecule has 0 radical (unpaired) electrons. The van der Waals surface area contributed by atoms with Crippen molar-refractivity contribution in [2.45, 2.75) is 0 Å². The third kappa shape index (κ3) is 3.25. The van der Waals surface area contributed by atoms with Gasteiger partial charge in [0.1, 0.15) is 17.1 Å². The molecule has 0 amide bonds. The lowest BCUT2D eigenvalue weighted by atomic mass is 10.2. The summed E-state index contributed by atoms with van der Waals surface area (Å²) in [5.41, 5.74) is 0.345. The monoisotopic (exact) mass is 288 g/mol. The van der Waals surface area contributed by atoms with Crippen molar-refractivity contribution in [1.29, 1.82) is 0 Å². The summed E-state index contributed by atoms with van der Waals surface area (Å²) in [5, 5.41) is 0. The van der Waals surface area contributed by atoms with E-state index >= 15 is 0 Å². The van der Waals surface area contributed by atoms with Gasteiger partial charge in [0.05, 0.1) is 21.3 Å². The molecule has 0 unspecified atom stereocenters. The summed E-state index contributed by atoms with van der Waals surface area (Å²) in [6, 6.07) is 12.0. The zero-order chi connectivity index (χ0) is 15.2. The van der Waals surface area contributed by atoms with Crippen molar-refractivity contribution in [2.75, 3.05) is 21.3 Å². The molecule has 0 aliphatic carbocycles. The largest absolute Gasteiger partial charge is 0.497 e. The molecule has 0 aliphatic heterocycles. The average Bonchev–Trinajstić information content (AvgIpc) is 2.55. The highest BCUT2D eigenvalue weighted by molar-refractivity contribution is 5.92. The van der Waals surface area contributed by atoms with Gasteiger partial charge in [-0.1, -0.05) is 12.1 Å². The van der Waals surface area contributed by atoms with Crippen LogP contribution in [0.1, 0.15) is 10.4 Å². The van der Waals surface area contributed by atoms with Gasteiger partial charge in [-0.15, -0.1) is 0 Å². The molecule has 5 nitrogen and oxygen atoms in total. The van der Waals surface area contributed by atoms with E-state index < -0.39 is 5.97 Å². The van der Waals surface area contributed by atoms with Crippen LogP contribution in [0.5, 0.6) is 23.0 Å². The van der Waals surface area contributed by atoms with Gasteiger partial charge < -0.3 is 18.9 Å². The van der Waals surface area contributed by atoms with E-state index in [1.165, 1.54) is 14.2 Å². The predicted octanol–water partition coefficient (Wildman–Crippen LogP) is 3.28. The lowest BCUT2D eigenvalue weighted by Gasteiger charge is -2.13. The molecule has 2 aromatic rings. The van der Waals surface area contributed by atoms with Gasteiger partial charge >= 0.3 is 5.97 Å². The van der Waals surface area contributed by atoms with E-state index in [4.69, 9.17) is 18.9 Å². The summed E-state index contributed by atoms with van der Waals surface area (Å²) in [7, 11) is 4.43. The highest BCUT2D eigenvalue weighted by Crippen LogP contribution is 2.35. The quantitative estimate of drug-likeness (QED) is 0.790. The van der Waals surface area contributed by atoms with Gasteiger partial charge in [-0.25, -0.2) is 4.79 Å². The molecular formula is C16H16O5. The summed E-state index contributed by atoms with van der Waals surface area (Å²) in [6.07, 6.45) is 0. The number of esters is 1. The molecule has 21 heavy (non-hydrogen) atoms. The number of benzene rings is 2. The van der Waals surface area contributed by atoms with Gasteiger partial charge in [0.15, 0.2) is 11.5 Å². The van der Waals surface area contributed by atoms with Crippen LogP contribution in [0.25, 0.3) is 0 Å². The average molecular weight is 288 g/mol. The number of hydrogen-bond acceptors (Lipinski definition) is 5. The van der Waals surface area contributed by atoms with Gasteiger partial charge in [0, 0.05) is 6.07 Å². The van der Waals surface area contributed by atoms with E-state index in [1.54, 1.807) is 49.6 Å². The molecule has 0 fully saturated rings. The van der Waals surface area contributed by atoms with Crippen LogP contribution in [0.4, 0.5) is 0 Å². The lowest BCUT2D eigenvalue weighted by Crippen LogP contribution is -2.03. The van der Waals surface area contributed by atoms with Gasteiger partial charge in [-0.05, 0) is 24.3 Å². The molecule has 0 N–H and O–H groups in total. The second kappa shape index (κ2) is 6.65. The number of hydrogen-bond donors (Lipinski definition) is 0. The van der Waals surface area contributed by atoms with Crippen LogP contribution < -0.4 is 14.2 Å². The van der Waals surface area contributed by atoms with Gasteiger partial charge in [0.25, 0.3) is 0 Å². The van der Waals surface area contributed by atoms with Gasteiger partial charge in [-0.3, -0.25) is 0 Å². The Morgan fingerprint density at radius 1 is 0.857 bits per heavy atom. The smallest absolute Gasteiger partial charge is 0.341 e. The number of carbonyl (C=O) groups excluding carboxylic acids is 1. The SMILES string of the molecule is COC(=O)c1ccccc1Oc1ccc(OC)cc1OC. The normalized spacial score (nSPS) is 9.86. The maximum atomic E-state index is 11.7. The highest BCUT2D eigenvalue weighted by atomic mass is 16.5. The number of ether oxygens (including phenoxy) is 4. The van der Waals surface area contributed by atoms with E-state index in [0.29, 0.717) is 28.6 Å². The lowest BCUT2D eigenvalue weighted by molar-refractivity contribution is 0.0598. The molecule has 0 saturated heterocycles. The number of carbonyl (C=O) groups is 1. The van der Waals surface area contributed by atoms with E-state index in [2.05, 4.69) is 0 Å². The van der Waals surface area contributed by atoms with Crippen LogP contribution >= 0.6 is 0 Å². The van der Waals surface area contributed by atoms with Crippen molar-refractivity contribution in [3.05, 3.63) is 48.0 Å². The highest BCUT2D eigenvalue weighted by Gasteiger charge is 2.15. The van der Waals surface area contributed by atoms with Crippen molar-refractivity contribution < 1.29 is 23.7 Å². The molecule has 5 heteroatoms. The first-order valence-corrected chi connectivity index (χ1v) is 6.26. The Kier molecular flexibility index (Phi) is 4.66. The van der Waals surface area contributed by atoms with Crippen LogP contribution in [-0.2, 0) is 4.74 Å². The van der Waals surface area contributed by atoms with E-state index in [-0.39, 0.29) is 0 Å². The second-order valence-corrected chi connectivity index (χ2v) is 4.11. The first kappa shape index (κ1) is 14.7. The van der Waals surface area contributed by atoms with E-state index in [0.717, 1.165) is 0 Å². The Hall–Kier alpha value is -2.69. The molecule has 2 aromatic carbocycles. The minimum atomic E-state index is -0.460. The maximum absolute atomic E-state index is 11.7. The Balaban J connectivity index is 2.36. The molecular weight excluding hydrogens is 272 g/mol. The Morgan fingerprint density at radius 3 is 2.29 bits per heavy atom. The molecule has 0 aliphatic rings. The number of rotatable bonds is 5. The second-order valence-electron chi connectivity index (χ2n) is 4.11. The molecule has 0 bridgehead atoms. The van der Waals surface area contributed by atoms with Crippen LogP contribution in [0, 0.1) is 0 Å². The Bertz CT molecular complexity index is 636. The fraction of sp³-hybridized carbons (Fsp3) is 0.188. The van der Waals surface area contributed by atoms with Gasteiger partial charge in [-0.2, -0.15) is 0 Å². The zero-order valence-corrected chi connectivity index (χ0v) is 12.1. The van der Waals surface area contributed by atoms with Crippen LogP contribution in [0.15, 0.2) is 42.5 Å². The summed E-state index contributed by atoms with van der Waals surface area (Å²) in [4.78, 5) is 11.7. The summed E-state index contributed by atoms with van der Waals surface area (Å²) < 4.78 is 20.9. The summed E-state index contributed by atoms with van der Waals surface area (Å²) >= 11 is 0. The van der Waals surface area contributed by atoms with E-state index in [9.17, 15) is 4.79 Å². The third-order valence-electron chi connectivity index (χ3n) is 2.88. The number of methoxy groups -OCH3 is 3. The van der Waals surface area contributed by atoms with Crippen molar-refractivity contribution in [3.8, 4) is 23.0 Å². The van der Waals surface area contributed by atoms with E-state index in [1.807, 2.05) is 0 Å². The third-order valence-corrected chi connectivity index (χ3v) is 2.88. The standard InChI is InChI=1S/C16H16O5/c1-18-11-8-9-14(15(10-11)19-2)21-13-7-5-4-6-12(13)16(17)20-3/h4-10H,1-3H3. The number of para-hydroxylation sites is 1. The fourth-order valence-corrected chi connectivity index (χ4v) is 1.81. The Labute approximate surface area is 123 Å². The van der Waals surface area contributed by atoms with Crippen molar-refractivity contribution in [2.24, 2.45) is 0 Å². The van der Waals surface area contributed by atoms with Crippen molar-refractivity contribution in [3.63, 3.8) is 0 Å². The molecule has 0 atom stereocenters. The molecule has 0 aromatic heterocycles. The van der Waals surface area contributed by atoms with Crippen LogP contribution in [0.3, 0.4) is 0 Å². The van der Waals surface area contributed by atoms with Gasteiger partial charge in [0.2, 0.25) is 0 Å². The van der Waals surface area contributed by atoms with Crippen molar-refractivity contribution >= 4 is 5.97 Å². The molecule has 2 rings (SSSR count). The first-order chi connectivity index (χ1) is 10.2. The first-order valence-electron chi connectivity index (χ1n) is 6.26. The van der Waals surface area contributed by atoms with Crippen LogP contribution in [-0.4, -0.2) is 27.3 Å². The zero-order valence-electron chi connectivity index (χ0n) is 12.1. The predicted molar refractivity (Wildman–Crippen MR) is 77.4 cm³/mol. The minimum Gasteiger partial charge on any atom is -0.497 e. The molecule has 110 valence electrons. The molecule has 0 spiro atoms. The molecule has 0 heterocycles. The van der Waals surface area contributed by atoms with Crippen LogP contribution in [0.2, 0.25) is 0 Å². The summed E-state index contributed by atoms with van der Waals surface area (Å²) in [5.74, 6) is 1.58. The summed E-state index contributed by atoms with van der Waals surface area (Å²) in [6.45, 7) is 0. The molecule has 0 saturated carbocycles. The van der Waals surface area contributed by atoms with Crippen molar-refractivity contribution in [1.82, 2.24) is 0 Å². The maximum Gasteiger partial charge on any atom is 0.341 e.